The Morgan fingerprint density at radius 2 is 1.84 bits per heavy atom. The lowest BCUT2D eigenvalue weighted by Crippen LogP contribution is -2.39. The Bertz CT molecular complexity index is 819. The van der Waals surface area contributed by atoms with Gasteiger partial charge in [0.1, 0.15) is 0 Å². The quantitative estimate of drug-likeness (QED) is 0.616. The number of hydrogen-bond donors (Lipinski definition) is 2. The van der Waals surface area contributed by atoms with E-state index in [0.29, 0.717) is 0 Å². The fraction of sp³-hybridized carbons (Fsp3) is 0.176. The summed E-state index contributed by atoms with van der Waals surface area (Å²) < 4.78 is 10.8. The lowest BCUT2D eigenvalue weighted by molar-refractivity contribution is -0.684. The van der Waals surface area contributed by atoms with Crippen LogP contribution in [0.4, 0.5) is 5.69 Å². The van der Waals surface area contributed by atoms with E-state index in [2.05, 4.69) is 14.8 Å². The number of nitrogens with zero attached hydrogens (tertiary/aromatic N) is 1. The average molecular weight is 345 g/mol. The Morgan fingerprint density at radius 3 is 2.48 bits per heavy atom. The molecule has 130 valence electrons. The molecule has 2 aromatic rings. The Morgan fingerprint density at radius 1 is 1.12 bits per heavy atom. The number of rotatable bonds is 5. The van der Waals surface area contributed by atoms with Crippen molar-refractivity contribution >= 4 is 23.5 Å². The van der Waals surface area contributed by atoms with Gasteiger partial charge in [-0.3, -0.25) is 4.79 Å². The summed E-state index contributed by atoms with van der Waals surface area (Å²) in [5.74, 6) is -1.70. The summed E-state index contributed by atoms with van der Waals surface area (Å²) in [6.45, 7) is -0.0997. The van der Waals surface area contributed by atoms with E-state index in [-0.39, 0.29) is 29.1 Å². The molecule has 8 nitrogen and oxygen atoms in total. The number of ether oxygens (including phenoxy) is 2. The molecule has 2 N–H and O–H groups in total. The molecule has 0 spiro atoms. The number of esters is 2. The highest BCUT2D eigenvalue weighted by atomic mass is 16.5. The van der Waals surface area contributed by atoms with Gasteiger partial charge in [-0.1, -0.05) is 0 Å². The van der Waals surface area contributed by atoms with Gasteiger partial charge in [0.2, 0.25) is 12.7 Å². The van der Waals surface area contributed by atoms with Gasteiger partial charge in [-0.15, -0.1) is 0 Å². The highest BCUT2D eigenvalue weighted by Gasteiger charge is 2.19. The maximum absolute atomic E-state index is 12.2. The van der Waals surface area contributed by atoms with Crippen molar-refractivity contribution in [2.45, 2.75) is 6.54 Å². The minimum atomic E-state index is -0.656. The third kappa shape index (κ3) is 4.54. The highest BCUT2D eigenvalue weighted by Crippen LogP contribution is 2.19. The molecule has 0 aliphatic rings. The summed E-state index contributed by atoms with van der Waals surface area (Å²) in [4.78, 5) is 35.7. The number of carbonyl (C=O) groups is 3. The molecule has 0 saturated heterocycles. The van der Waals surface area contributed by atoms with E-state index in [0.717, 1.165) is 0 Å². The molecule has 0 unspecified atom stereocenters. The van der Waals surface area contributed by atoms with Gasteiger partial charge in [0.25, 0.3) is 5.91 Å². The van der Waals surface area contributed by atoms with Crippen LogP contribution in [0.15, 0.2) is 42.7 Å². The molecule has 2 rings (SSSR count). The van der Waals surface area contributed by atoms with Gasteiger partial charge < -0.3 is 19.9 Å². The van der Waals surface area contributed by atoms with Gasteiger partial charge in [-0.2, -0.15) is 4.57 Å². The number of methoxy groups -OCH3 is 2. The van der Waals surface area contributed by atoms with E-state index in [1.165, 1.54) is 49.2 Å². The molecule has 0 aliphatic carbocycles. The van der Waals surface area contributed by atoms with Crippen molar-refractivity contribution in [3.05, 3.63) is 53.9 Å². The van der Waals surface area contributed by atoms with E-state index in [4.69, 9.17) is 0 Å². The minimum Gasteiger partial charge on any atom is -0.503 e. The van der Waals surface area contributed by atoms with Crippen LogP contribution in [0, 0.1) is 0 Å². The third-order valence-electron chi connectivity index (χ3n) is 3.29. The van der Waals surface area contributed by atoms with E-state index in [1.54, 1.807) is 12.3 Å². The number of nitrogens with one attached hydrogen (secondary N) is 1. The van der Waals surface area contributed by atoms with Crippen LogP contribution in [0.25, 0.3) is 0 Å². The summed E-state index contributed by atoms with van der Waals surface area (Å²) in [6.07, 6.45) is 2.98. The van der Waals surface area contributed by atoms with E-state index in [1.807, 2.05) is 0 Å². The zero-order valence-electron chi connectivity index (χ0n) is 13.7. The standard InChI is InChI=1S/C17H16N2O6/c1-24-16(22)11-5-6-13(17(23)25-2)14(8-11)18-15(21)10-19-7-3-4-12(20)9-19/h3-9H,10H2,1-2H3,(H-,18,20,21,23)/p+1. The topological polar surface area (TPSA) is 106 Å². The summed E-state index contributed by atoms with van der Waals surface area (Å²) >= 11 is 0. The monoisotopic (exact) mass is 345 g/mol. The SMILES string of the molecule is COC(=O)c1ccc(C(=O)OC)c(NC(=O)C[n+]2cccc(O)c2)c1. The predicted molar refractivity (Wildman–Crippen MR) is 86.1 cm³/mol. The zero-order chi connectivity index (χ0) is 18.4. The molecule has 0 bridgehead atoms. The second kappa shape index (κ2) is 7.91. The van der Waals surface area contributed by atoms with E-state index in [9.17, 15) is 19.5 Å². The second-order valence-electron chi connectivity index (χ2n) is 5.03. The van der Waals surface area contributed by atoms with Crippen LogP contribution in [-0.2, 0) is 20.8 Å². The number of aromatic nitrogens is 1. The maximum atomic E-state index is 12.2. The van der Waals surface area contributed by atoms with Crippen LogP contribution in [0.1, 0.15) is 20.7 Å². The Balaban J connectivity index is 2.27. The highest BCUT2D eigenvalue weighted by molar-refractivity contribution is 6.03. The molecule has 8 heteroatoms. The van der Waals surface area contributed by atoms with Crippen molar-refractivity contribution in [2.75, 3.05) is 19.5 Å². The van der Waals surface area contributed by atoms with Crippen LogP contribution in [0.3, 0.4) is 0 Å². The molecule has 1 amide bonds. The lowest BCUT2D eigenvalue weighted by Gasteiger charge is -2.10. The zero-order valence-corrected chi connectivity index (χ0v) is 13.7. The van der Waals surface area contributed by atoms with E-state index < -0.39 is 17.8 Å². The van der Waals surface area contributed by atoms with Crippen molar-refractivity contribution in [1.82, 2.24) is 0 Å². The summed E-state index contributed by atoms with van der Waals surface area (Å²) in [5.41, 5.74) is 0.403. The average Bonchev–Trinajstić information content (AvgIpc) is 2.60. The largest absolute Gasteiger partial charge is 0.503 e. The smallest absolute Gasteiger partial charge is 0.339 e. The molecule has 1 aromatic carbocycles. The number of aromatic hydroxyl groups is 1. The number of carbonyl (C=O) groups excluding carboxylic acids is 3. The van der Waals surface area contributed by atoms with Gasteiger partial charge in [-0.05, 0) is 24.3 Å². The molecule has 0 aliphatic heterocycles. The van der Waals surface area contributed by atoms with Crippen LogP contribution in [0.5, 0.6) is 5.75 Å². The Kier molecular flexibility index (Phi) is 5.67. The molecule has 0 radical (unpaired) electrons. The predicted octanol–water partition coefficient (Wildman–Crippen LogP) is 0.892. The minimum absolute atomic E-state index is 0.0123. The summed E-state index contributed by atoms with van der Waals surface area (Å²) in [6, 6.07) is 7.17. The number of amides is 1. The third-order valence-corrected chi connectivity index (χ3v) is 3.29. The van der Waals surface area contributed by atoms with Crippen molar-refractivity contribution in [3.63, 3.8) is 0 Å². The van der Waals surface area contributed by atoms with Crippen molar-refractivity contribution < 1.29 is 33.5 Å². The van der Waals surface area contributed by atoms with Gasteiger partial charge in [0, 0.05) is 6.07 Å². The molecule has 0 atom stereocenters. The first-order valence-electron chi connectivity index (χ1n) is 7.23. The normalized spacial score (nSPS) is 10.0. The molecular weight excluding hydrogens is 328 g/mol. The number of anilines is 1. The number of pyridine rings is 1. The van der Waals surface area contributed by atoms with Gasteiger partial charge >= 0.3 is 11.9 Å². The second-order valence-corrected chi connectivity index (χ2v) is 5.03. The van der Waals surface area contributed by atoms with E-state index >= 15 is 0 Å². The Hall–Kier alpha value is -3.42. The first-order chi connectivity index (χ1) is 11.9. The molecule has 0 fully saturated rings. The van der Waals surface area contributed by atoms with Gasteiger partial charge in [0.05, 0.1) is 31.0 Å². The first-order valence-corrected chi connectivity index (χ1v) is 7.23. The van der Waals surface area contributed by atoms with Crippen molar-refractivity contribution in [3.8, 4) is 5.75 Å². The van der Waals surface area contributed by atoms with Crippen molar-refractivity contribution in [2.24, 2.45) is 0 Å². The summed E-state index contributed by atoms with van der Waals surface area (Å²) in [7, 11) is 2.44. The first kappa shape index (κ1) is 17.9. The molecule has 25 heavy (non-hydrogen) atoms. The van der Waals surface area contributed by atoms with Crippen LogP contribution in [0.2, 0.25) is 0 Å². The van der Waals surface area contributed by atoms with Gasteiger partial charge in [0.15, 0.2) is 11.9 Å². The lowest BCUT2D eigenvalue weighted by atomic mass is 10.1. The maximum Gasteiger partial charge on any atom is 0.339 e. The Labute approximate surface area is 143 Å². The number of hydrogen-bond acceptors (Lipinski definition) is 6. The molecular formula is C17H17N2O6+. The van der Waals surface area contributed by atoms with Crippen molar-refractivity contribution in [1.29, 1.82) is 0 Å². The van der Waals surface area contributed by atoms with Crippen LogP contribution < -0.4 is 9.88 Å². The van der Waals surface area contributed by atoms with Crippen LogP contribution in [-0.4, -0.2) is 37.2 Å². The molecule has 1 heterocycles. The molecule has 1 aromatic heterocycles. The molecule has 0 saturated carbocycles. The summed E-state index contributed by atoms with van der Waals surface area (Å²) in [5, 5.41) is 12.0. The van der Waals surface area contributed by atoms with Crippen LogP contribution >= 0.6 is 0 Å². The number of benzene rings is 1. The van der Waals surface area contributed by atoms with Gasteiger partial charge in [-0.25, -0.2) is 9.59 Å². The fourth-order valence-corrected chi connectivity index (χ4v) is 2.14. The fourth-order valence-electron chi connectivity index (χ4n) is 2.14.